The number of ketones is 1. The summed E-state index contributed by atoms with van der Waals surface area (Å²) < 4.78 is 60.8. The first-order valence-corrected chi connectivity index (χ1v) is 22.2. The number of aliphatic hydroxyl groups excluding tert-OH is 1. The molecule has 0 fully saturated rings. The lowest BCUT2D eigenvalue weighted by Gasteiger charge is -2.30. The van der Waals surface area contributed by atoms with Gasteiger partial charge in [-0.15, -0.1) is 0 Å². The van der Waals surface area contributed by atoms with Crippen LogP contribution < -0.4 is 38.1 Å². The van der Waals surface area contributed by atoms with E-state index in [-0.39, 0.29) is 35.1 Å². The predicted molar refractivity (Wildman–Crippen MR) is 267 cm³/mol. The van der Waals surface area contributed by atoms with Gasteiger partial charge in [0.2, 0.25) is 0 Å². The molecule has 0 saturated heterocycles. The van der Waals surface area contributed by atoms with E-state index in [0.717, 1.165) is 25.0 Å². The fourth-order valence-corrected chi connectivity index (χ4v) is 8.24. The number of benzene rings is 4. The number of thioether (sulfide) groups is 2. The number of halogens is 2. The Bertz CT molecular complexity index is 2270. The van der Waals surface area contributed by atoms with Crippen LogP contribution in [-0.2, 0) is 27.0 Å². The number of aromatic carboxylic acids is 1. The van der Waals surface area contributed by atoms with E-state index >= 15 is 0 Å². The lowest BCUT2D eigenvalue weighted by atomic mass is 9.87. The van der Waals surface area contributed by atoms with Gasteiger partial charge < -0.3 is 57.8 Å². The summed E-state index contributed by atoms with van der Waals surface area (Å²) in [6.45, 7) is 7.77. The van der Waals surface area contributed by atoms with E-state index in [9.17, 15) is 18.4 Å². The standard InChI is InChI=1S/C22H26FN3O3S.C11H14FN3S.C10H13NO4.C2H6.CH4O.CH4/c1-22(7-10-30-21(25)26-22)17-11-14(3-6-18(17)23)12-20(27)16-5-4-15(13-19(16)24)29-9-8-28-2;1-11(4-5-16-10(14)15-11)8-6-7(13)2-3-9(8)12;1-14-4-5-15-7-2-3-8(10(12)13)9(11)6-7;2*1-2;/h3-6,11,13H,7-10,12,24H2,1-2H3,(H2,25,26);2-3,6H,4-5,13H2,1H3,(H2,14,15);2-3,6H,4-5,11H2,1H3,(H,12,13);1-2H3;2H,1H3;1H4/t22-;11-;;;;/m00..../s1/i;;;1D;;1T. The Hall–Kier alpha value is -5.60. The van der Waals surface area contributed by atoms with E-state index in [1.54, 1.807) is 69.7 Å². The number of rotatable bonds is 14. The van der Waals surface area contributed by atoms with E-state index in [2.05, 4.69) is 9.98 Å². The number of hydrogen-bond acceptors (Lipinski definition) is 16. The van der Waals surface area contributed by atoms with Crippen molar-refractivity contribution in [2.45, 2.75) is 65.4 Å². The van der Waals surface area contributed by atoms with E-state index in [0.29, 0.717) is 95.2 Å². The third-order valence-corrected chi connectivity index (χ3v) is 11.2. The number of aliphatic imine (C=N–C) groups is 2. The average Bonchev–Trinajstić information content (AvgIpc) is 3.30. The summed E-state index contributed by atoms with van der Waals surface area (Å²) in [5.41, 5.74) is 30.7. The number of carboxylic acid groups (broad SMARTS) is 1. The number of methoxy groups -OCH3 is 2. The lowest BCUT2D eigenvalue weighted by Crippen LogP contribution is -2.29. The summed E-state index contributed by atoms with van der Waals surface area (Å²) in [6.07, 6.45) is 1.54. The Morgan fingerprint density at radius 1 is 0.742 bits per heavy atom. The number of nitrogens with zero attached hydrogens (tertiary/aromatic N) is 2. The van der Waals surface area contributed by atoms with Gasteiger partial charge in [-0.25, -0.2) is 13.6 Å². The summed E-state index contributed by atoms with van der Waals surface area (Å²) in [7, 11) is 5.42. The second kappa shape index (κ2) is 29.1. The third kappa shape index (κ3) is 17.7. The number of aliphatic hydroxyl groups is 1. The van der Waals surface area contributed by atoms with Crippen molar-refractivity contribution in [2.75, 3.05) is 76.5 Å². The Balaban J connectivity index is 0.000000514. The molecule has 19 heteroatoms. The molecule has 0 saturated carbocycles. The van der Waals surface area contributed by atoms with Crippen LogP contribution in [-0.4, -0.2) is 91.6 Å². The summed E-state index contributed by atoms with van der Waals surface area (Å²) in [6, 6.07) is 18.7. The second-order valence-corrected chi connectivity index (χ2v) is 16.5. The molecule has 4 aromatic rings. The molecule has 12 N–H and O–H groups in total. The Labute approximate surface area is 398 Å². The second-order valence-electron chi connectivity index (χ2n) is 14.3. The van der Waals surface area contributed by atoms with Crippen molar-refractivity contribution >= 4 is 62.7 Å². The molecule has 0 amide bonds. The molecule has 6 rings (SSSR count). The van der Waals surface area contributed by atoms with Crippen LogP contribution in [0.1, 0.15) is 88.1 Å². The number of nitrogens with two attached hydrogens (primary N) is 5. The van der Waals surface area contributed by atoms with Crippen molar-refractivity contribution in [1.29, 1.82) is 0 Å². The van der Waals surface area contributed by atoms with E-state index in [1.807, 2.05) is 13.8 Å². The zero-order valence-electron chi connectivity index (χ0n) is 40.7. The Kier molecular flexibility index (Phi) is 24.2. The maximum Gasteiger partial charge on any atom is 0.337 e. The van der Waals surface area contributed by atoms with Crippen molar-refractivity contribution in [3.63, 3.8) is 0 Å². The zero-order valence-corrected chi connectivity index (χ0v) is 40.3. The number of amidine groups is 2. The minimum atomic E-state index is -1.05. The number of ether oxygens (including phenoxy) is 4. The molecule has 0 bridgehead atoms. The molecule has 0 aromatic heterocycles. The number of carbonyl (C=O) groups is 2. The average molecular weight is 963 g/mol. The largest absolute Gasteiger partial charge is 0.491 e. The Morgan fingerprint density at radius 3 is 1.61 bits per heavy atom. The van der Waals surface area contributed by atoms with Gasteiger partial charge in [-0.2, -0.15) is 0 Å². The smallest absolute Gasteiger partial charge is 0.337 e. The van der Waals surface area contributed by atoms with Gasteiger partial charge in [0.25, 0.3) is 0 Å². The van der Waals surface area contributed by atoms with Gasteiger partial charge in [0.1, 0.15) is 36.3 Å². The summed E-state index contributed by atoms with van der Waals surface area (Å²) >= 11 is 2.96. The van der Waals surface area contributed by atoms with Crippen LogP contribution in [0.3, 0.4) is 0 Å². The molecule has 15 nitrogen and oxygen atoms in total. The van der Waals surface area contributed by atoms with Crippen LogP contribution in [0.5, 0.6) is 11.5 Å². The molecule has 2 aliphatic rings. The molecule has 0 unspecified atom stereocenters. The molecule has 0 radical (unpaired) electrons. The van der Waals surface area contributed by atoms with Crippen molar-refractivity contribution in [3.8, 4) is 11.5 Å². The highest BCUT2D eigenvalue weighted by Crippen LogP contribution is 2.38. The minimum absolute atomic E-state index is 0.0779. The van der Waals surface area contributed by atoms with Crippen LogP contribution >= 0.6 is 23.5 Å². The first kappa shape index (κ1) is 54.7. The van der Waals surface area contributed by atoms with Gasteiger partial charge in [0.05, 0.1) is 29.9 Å². The van der Waals surface area contributed by atoms with Gasteiger partial charge in [0, 0.05) is 87.9 Å². The molecule has 4 aromatic carbocycles. The number of Topliss-reactive ketones (excluding diaryl/α,β-unsaturated/α-hetero) is 1. The number of carbonyl (C=O) groups excluding carboxylic acids is 1. The maximum atomic E-state index is 14.6. The van der Waals surface area contributed by atoms with Gasteiger partial charge in [-0.1, -0.05) is 50.8 Å². The topological polar surface area (TPSA) is 266 Å². The molecule has 2 atom stereocenters. The fraction of sp³-hybridized carbons (Fsp3) is 0.404. The number of hydrogen-bond donors (Lipinski definition) is 7. The molecule has 66 heavy (non-hydrogen) atoms. The molecule has 0 aliphatic carbocycles. The van der Waals surface area contributed by atoms with Gasteiger partial charge >= 0.3 is 5.97 Å². The van der Waals surface area contributed by atoms with Gasteiger partial charge in [-0.05, 0) is 86.8 Å². The summed E-state index contributed by atoms with van der Waals surface area (Å²) in [5.74, 6) is 0.897. The molecule has 2 aliphatic heterocycles. The minimum Gasteiger partial charge on any atom is -0.491 e. The fourth-order valence-electron chi connectivity index (χ4n) is 6.29. The van der Waals surface area contributed by atoms with Crippen molar-refractivity contribution in [3.05, 3.63) is 112 Å². The highest BCUT2D eigenvalue weighted by molar-refractivity contribution is 8.14. The number of nitrogen functional groups attached to an aromatic ring is 3. The highest BCUT2D eigenvalue weighted by atomic mass is 32.2. The van der Waals surface area contributed by atoms with E-state index in [4.69, 9.17) is 60.6 Å². The number of anilines is 3. The monoisotopic (exact) mass is 962 g/mol. The van der Waals surface area contributed by atoms with Crippen LogP contribution in [0.25, 0.3) is 0 Å². The summed E-state index contributed by atoms with van der Waals surface area (Å²) in [5, 5.41) is 16.7. The van der Waals surface area contributed by atoms with Crippen molar-refractivity contribution < 1.29 is 50.3 Å². The maximum absolute atomic E-state index is 14.6. The predicted octanol–water partition coefficient (Wildman–Crippen LogP) is 7.86. The molecule has 2 heterocycles. The molecule has 364 valence electrons. The molecular weight excluding hydrogens is 893 g/mol. The SMILES string of the molecule is CO.COCCOc1ccc(C(=O)Cc2ccc(F)c([C@]3(C)CCSC(N)=N3)c2)c(N)c1.COCCOc1ccc(C(=O)O)c(N)c1.C[C@@]1(c2cc(N)ccc2F)CCSC(N)=N1.[2H]CC.[3H]C. The Morgan fingerprint density at radius 2 is 1.18 bits per heavy atom. The molecular formula is C47H67F2N7O8S2. The number of carboxylic acids is 1. The summed E-state index contributed by atoms with van der Waals surface area (Å²) in [4.78, 5) is 32.3. The van der Waals surface area contributed by atoms with Gasteiger partial charge in [-0.3, -0.25) is 14.8 Å². The normalized spacial score (nSPS) is 17.4. The van der Waals surface area contributed by atoms with Crippen LogP contribution in [0, 0.1) is 11.6 Å². The van der Waals surface area contributed by atoms with E-state index in [1.165, 1.54) is 55.2 Å². The third-order valence-electron chi connectivity index (χ3n) is 9.63. The van der Waals surface area contributed by atoms with Gasteiger partial charge in [0.15, 0.2) is 16.1 Å². The first-order valence-electron chi connectivity index (χ1n) is 21.9. The van der Waals surface area contributed by atoms with Crippen LogP contribution in [0.4, 0.5) is 25.8 Å². The quantitative estimate of drug-likeness (QED) is 0.0360. The highest BCUT2D eigenvalue weighted by Gasteiger charge is 2.33. The lowest BCUT2D eigenvalue weighted by molar-refractivity contribution is 0.0697. The van der Waals surface area contributed by atoms with E-state index < -0.39 is 17.0 Å². The first-order chi connectivity index (χ1) is 32.4. The van der Waals surface area contributed by atoms with Crippen molar-refractivity contribution in [2.24, 2.45) is 21.5 Å². The van der Waals surface area contributed by atoms with Crippen molar-refractivity contribution in [1.82, 2.24) is 0 Å². The van der Waals surface area contributed by atoms with Crippen LogP contribution in [0.15, 0.2) is 82.8 Å². The molecule has 0 spiro atoms. The van der Waals surface area contributed by atoms with Crippen LogP contribution in [0.2, 0.25) is 0 Å². The zero-order chi connectivity index (χ0) is 51.5.